The molecule has 1 aromatic heterocycles. The standard InChI is InChI=1S/C15H17ClN2O3/c1-4-18-9-10(8-17-18)5-13(19)11-6-12(16)15(21-3)14(7-11)20-2/h6-9H,4-5H2,1-3H3. The summed E-state index contributed by atoms with van der Waals surface area (Å²) in [4.78, 5) is 12.3. The van der Waals surface area contributed by atoms with Crippen molar-refractivity contribution in [2.24, 2.45) is 0 Å². The minimum absolute atomic E-state index is 0.0477. The second-order valence-electron chi connectivity index (χ2n) is 4.50. The number of nitrogens with zero attached hydrogens (tertiary/aromatic N) is 2. The Kier molecular flexibility index (Phi) is 4.85. The Bertz CT molecular complexity index is 652. The van der Waals surface area contributed by atoms with E-state index in [9.17, 15) is 4.79 Å². The first-order valence-electron chi connectivity index (χ1n) is 6.55. The molecule has 0 saturated heterocycles. The monoisotopic (exact) mass is 308 g/mol. The first kappa shape index (κ1) is 15.4. The number of hydrogen-bond donors (Lipinski definition) is 0. The molecule has 2 rings (SSSR count). The number of aryl methyl sites for hydroxylation is 1. The van der Waals surface area contributed by atoms with Crippen LogP contribution in [0.3, 0.4) is 0 Å². The second-order valence-corrected chi connectivity index (χ2v) is 4.91. The normalized spacial score (nSPS) is 10.5. The highest BCUT2D eigenvalue weighted by Gasteiger charge is 2.16. The molecule has 0 aliphatic heterocycles. The van der Waals surface area contributed by atoms with Crippen molar-refractivity contribution in [1.82, 2.24) is 9.78 Å². The lowest BCUT2D eigenvalue weighted by Crippen LogP contribution is -2.04. The van der Waals surface area contributed by atoms with Gasteiger partial charge in [0.2, 0.25) is 0 Å². The maximum absolute atomic E-state index is 12.3. The van der Waals surface area contributed by atoms with Gasteiger partial charge in [0, 0.05) is 24.7 Å². The predicted molar refractivity (Wildman–Crippen MR) is 80.5 cm³/mol. The molecule has 0 bridgehead atoms. The zero-order valence-corrected chi connectivity index (χ0v) is 13.0. The number of Topliss-reactive ketones (excluding diaryl/α,β-unsaturated/α-hetero) is 1. The summed E-state index contributed by atoms with van der Waals surface area (Å²) in [5.41, 5.74) is 1.36. The van der Waals surface area contributed by atoms with E-state index in [1.807, 2.05) is 13.1 Å². The summed E-state index contributed by atoms with van der Waals surface area (Å²) in [6.07, 6.45) is 3.83. The fourth-order valence-corrected chi connectivity index (χ4v) is 2.32. The molecule has 6 heteroatoms. The number of halogens is 1. The highest BCUT2D eigenvalue weighted by atomic mass is 35.5. The molecule has 1 heterocycles. The number of benzene rings is 1. The zero-order valence-electron chi connectivity index (χ0n) is 12.2. The highest BCUT2D eigenvalue weighted by Crippen LogP contribution is 2.36. The molecule has 0 saturated carbocycles. The van der Waals surface area contributed by atoms with E-state index in [4.69, 9.17) is 21.1 Å². The lowest BCUT2D eigenvalue weighted by molar-refractivity contribution is 0.0992. The van der Waals surface area contributed by atoms with Gasteiger partial charge in [-0.05, 0) is 24.6 Å². The number of carbonyl (C=O) groups excluding carboxylic acids is 1. The minimum Gasteiger partial charge on any atom is -0.493 e. The van der Waals surface area contributed by atoms with E-state index in [1.54, 1.807) is 23.0 Å². The van der Waals surface area contributed by atoms with Gasteiger partial charge in [0.25, 0.3) is 0 Å². The van der Waals surface area contributed by atoms with Crippen molar-refractivity contribution in [3.8, 4) is 11.5 Å². The third-order valence-corrected chi connectivity index (χ3v) is 3.41. The molecule has 0 amide bonds. The van der Waals surface area contributed by atoms with E-state index >= 15 is 0 Å². The lowest BCUT2D eigenvalue weighted by atomic mass is 10.0. The third kappa shape index (κ3) is 3.36. The van der Waals surface area contributed by atoms with Gasteiger partial charge < -0.3 is 9.47 Å². The van der Waals surface area contributed by atoms with E-state index < -0.39 is 0 Å². The third-order valence-electron chi connectivity index (χ3n) is 3.13. The van der Waals surface area contributed by atoms with Gasteiger partial charge in [0.15, 0.2) is 17.3 Å². The fraction of sp³-hybridized carbons (Fsp3) is 0.333. The van der Waals surface area contributed by atoms with Crippen LogP contribution in [-0.2, 0) is 13.0 Å². The molecule has 0 N–H and O–H groups in total. The van der Waals surface area contributed by atoms with Crippen LogP contribution < -0.4 is 9.47 Å². The van der Waals surface area contributed by atoms with Crippen LogP contribution in [0.15, 0.2) is 24.5 Å². The molecule has 0 aliphatic carbocycles. The molecule has 0 spiro atoms. The molecule has 5 nitrogen and oxygen atoms in total. The van der Waals surface area contributed by atoms with Crippen molar-refractivity contribution in [3.05, 3.63) is 40.7 Å². The van der Waals surface area contributed by atoms with E-state index in [0.717, 1.165) is 12.1 Å². The number of rotatable bonds is 6. The van der Waals surface area contributed by atoms with Gasteiger partial charge in [-0.2, -0.15) is 5.10 Å². The van der Waals surface area contributed by atoms with E-state index in [-0.39, 0.29) is 12.2 Å². The van der Waals surface area contributed by atoms with Crippen LogP contribution in [-0.4, -0.2) is 29.8 Å². The van der Waals surface area contributed by atoms with Crippen molar-refractivity contribution < 1.29 is 14.3 Å². The summed E-state index contributed by atoms with van der Waals surface area (Å²) < 4.78 is 12.1. The van der Waals surface area contributed by atoms with Crippen LogP contribution in [0.1, 0.15) is 22.8 Å². The topological polar surface area (TPSA) is 53.4 Å². The first-order chi connectivity index (χ1) is 10.1. The Morgan fingerprint density at radius 3 is 2.67 bits per heavy atom. The Hall–Kier alpha value is -2.01. The number of methoxy groups -OCH3 is 2. The molecule has 0 fully saturated rings. The van der Waals surface area contributed by atoms with Crippen molar-refractivity contribution in [3.63, 3.8) is 0 Å². The van der Waals surface area contributed by atoms with Gasteiger partial charge in [-0.25, -0.2) is 0 Å². The maximum Gasteiger partial charge on any atom is 0.179 e. The number of aromatic nitrogens is 2. The van der Waals surface area contributed by atoms with Crippen LogP contribution >= 0.6 is 11.6 Å². The molecule has 21 heavy (non-hydrogen) atoms. The molecular weight excluding hydrogens is 292 g/mol. The van der Waals surface area contributed by atoms with Crippen molar-refractivity contribution >= 4 is 17.4 Å². The van der Waals surface area contributed by atoms with E-state index in [2.05, 4.69) is 5.10 Å². The Morgan fingerprint density at radius 2 is 2.10 bits per heavy atom. The van der Waals surface area contributed by atoms with E-state index in [1.165, 1.54) is 14.2 Å². The summed E-state index contributed by atoms with van der Waals surface area (Å²) in [5, 5.41) is 4.51. The lowest BCUT2D eigenvalue weighted by Gasteiger charge is -2.11. The number of carbonyl (C=O) groups is 1. The zero-order chi connectivity index (χ0) is 15.4. The molecule has 0 radical (unpaired) electrons. The molecule has 0 atom stereocenters. The van der Waals surface area contributed by atoms with Gasteiger partial charge in [-0.3, -0.25) is 9.48 Å². The van der Waals surface area contributed by atoms with Crippen LogP contribution in [0.5, 0.6) is 11.5 Å². The van der Waals surface area contributed by atoms with Crippen molar-refractivity contribution in [1.29, 1.82) is 0 Å². The molecular formula is C15H17ClN2O3. The molecule has 0 aliphatic rings. The Morgan fingerprint density at radius 1 is 1.33 bits per heavy atom. The van der Waals surface area contributed by atoms with Gasteiger partial charge in [-0.15, -0.1) is 0 Å². The van der Waals surface area contributed by atoms with Gasteiger partial charge in [0.1, 0.15) is 0 Å². The quantitative estimate of drug-likeness (QED) is 0.770. The van der Waals surface area contributed by atoms with Gasteiger partial charge in [-0.1, -0.05) is 11.6 Å². The molecule has 1 aromatic carbocycles. The van der Waals surface area contributed by atoms with Gasteiger partial charge >= 0.3 is 0 Å². The van der Waals surface area contributed by atoms with Crippen molar-refractivity contribution in [2.75, 3.05) is 14.2 Å². The largest absolute Gasteiger partial charge is 0.493 e. The Labute approximate surface area is 128 Å². The van der Waals surface area contributed by atoms with Crippen LogP contribution in [0.25, 0.3) is 0 Å². The average Bonchev–Trinajstić information content (AvgIpc) is 2.93. The number of ether oxygens (including phenoxy) is 2. The highest BCUT2D eigenvalue weighted by molar-refractivity contribution is 6.32. The predicted octanol–water partition coefficient (Wildman–Crippen LogP) is 3.00. The molecule has 2 aromatic rings. The maximum atomic E-state index is 12.3. The van der Waals surface area contributed by atoms with Crippen molar-refractivity contribution in [2.45, 2.75) is 19.9 Å². The molecule has 0 unspecified atom stereocenters. The minimum atomic E-state index is -0.0477. The SMILES string of the molecule is CCn1cc(CC(=O)c2cc(Cl)c(OC)c(OC)c2)cn1. The molecule has 112 valence electrons. The summed E-state index contributed by atoms with van der Waals surface area (Å²) in [7, 11) is 3.01. The van der Waals surface area contributed by atoms with Crippen LogP contribution in [0.2, 0.25) is 5.02 Å². The summed E-state index contributed by atoms with van der Waals surface area (Å²) >= 11 is 6.11. The van der Waals surface area contributed by atoms with Crippen LogP contribution in [0, 0.1) is 0 Å². The number of hydrogen-bond acceptors (Lipinski definition) is 4. The summed E-state index contributed by atoms with van der Waals surface area (Å²) in [6.45, 7) is 2.77. The first-order valence-corrected chi connectivity index (χ1v) is 6.92. The number of ketones is 1. The van der Waals surface area contributed by atoms with Crippen LogP contribution in [0.4, 0.5) is 0 Å². The van der Waals surface area contributed by atoms with Gasteiger partial charge in [0.05, 0.1) is 25.4 Å². The summed E-state index contributed by atoms with van der Waals surface area (Å²) in [5.74, 6) is 0.820. The second kappa shape index (κ2) is 6.63. The Balaban J connectivity index is 2.24. The fourth-order valence-electron chi connectivity index (χ4n) is 2.04. The summed E-state index contributed by atoms with van der Waals surface area (Å²) in [6, 6.07) is 3.23. The smallest absolute Gasteiger partial charge is 0.179 e. The van der Waals surface area contributed by atoms with E-state index in [0.29, 0.717) is 22.1 Å². The average molecular weight is 309 g/mol.